The Balaban J connectivity index is 0.00000361. The summed E-state index contributed by atoms with van der Waals surface area (Å²) >= 11 is 0. The summed E-state index contributed by atoms with van der Waals surface area (Å²) in [7, 11) is 4.31. The Labute approximate surface area is 142 Å². The molecule has 0 amide bonds. The monoisotopic (exact) mass is 396 g/mol. The fraction of sp³-hybridized carbons (Fsp3) is 0.933. The fourth-order valence-electron chi connectivity index (χ4n) is 2.87. The van der Waals surface area contributed by atoms with Crippen molar-refractivity contribution in [3.8, 4) is 0 Å². The van der Waals surface area contributed by atoms with E-state index in [2.05, 4.69) is 50.1 Å². The highest BCUT2D eigenvalue weighted by atomic mass is 127. The van der Waals surface area contributed by atoms with Crippen LogP contribution in [0.1, 0.15) is 52.9 Å². The summed E-state index contributed by atoms with van der Waals surface area (Å²) in [5.41, 5.74) is 5.94. The number of nitrogens with zero attached hydrogens (tertiary/aromatic N) is 2. The van der Waals surface area contributed by atoms with Crippen LogP contribution in [0, 0.1) is 5.92 Å². The molecule has 4 nitrogen and oxygen atoms in total. The standard InChI is InChI=1S/C15H32N4.HI/c1-15(2,3)18-14(16)17-11-13(19(4)5)12-9-7-6-8-10-12;/h12-13H,6-11H2,1-5H3,(H3,16,17,18);1H. The summed E-state index contributed by atoms with van der Waals surface area (Å²) in [5, 5.41) is 3.23. The van der Waals surface area contributed by atoms with Gasteiger partial charge in [-0.05, 0) is 53.6 Å². The van der Waals surface area contributed by atoms with E-state index in [1.807, 2.05) is 0 Å². The van der Waals surface area contributed by atoms with Crippen molar-refractivity contribution < 1.29 is 0 Å². The van der Waals surface area contributed by atoms with Crippen LogP contribution in [0.25, 0.3) is 0 Å². The van der Waals surface area contributed by atoms with E-state index in [0.717, 1.165) is 12.5 Å². The van der Waals surface area contributed by atoms with Gasteiger partial charge in [-0.25, -0.2) is 0 Å². The average Bonchev–Trinajstić information content (AvgIpc) is 2.27. The first-order chi connectivity index (χ1) is 8.79. The molecule has 1 aliphatic rings. The van der Waals surface area contributed by atoms with E-state index < -0.39 is 0 Å². The molecule has 20 heavy (non-hydrogen) atoms. The van der Waals surface area contributed by atoms with E-state index in [0.29, 0.717) is 12.0 Å². The van der Waals surface area contributed by atoms with E-state index >= 15 is 0 Å². The first-order valence-corrected chi connectivity index (χ1v) is 7.54. The zero-order chi connectivity index (χ0) is 14.5. The number of likely N-dealkylation sites (N-methyl/N-ethyl adjacent to an activating group) is 1. The Morgan fingerprint density at radius 1 is 1.25 bits per heavy atom. The van der Waals surface area contributed by atoms with Crippen LogP contribution in [0.2, 0.25) is 0 Å². The summed E-state index contributed by atoms with van der Waals surface area (Å²) < 4.78 is 0. The molecule has 0 aromatic rings. The average molecular weight is 396 g/mol. The molecule has 5 heteroatoms. The van der Waals surface area contributed by atoms with Crippen LogP contribution >= 0.6 is 24.0 Å². The number of hydrogen-bond donors (Lipinski definition) is 2. The molecule has 0 aromatic heterocycles. The first-order valence-electron chi connectivity index (χ1n) is 7.54. The molecule has 0 aliphatic heterocycles. The van der Waals surface area contributed by atoms with Gasteiger partial charge in [0.2, 0.25) is 0 Å². The van der Waals surface area contributed by atoms with Crippen LogP contribution in [0.5, 0.6) is 0 Å². The van der Waals surface area contributed by atoms with Crippen molar-refractivity contribution in [1.29, 1.82) is 0 Å². The minimum absolute atomic E-state index is 0. The van der Waals surface area contributed by atoms with Crippen molar-refractivity contribution in [3.05, 3.63) is 0 Å². The van der Waals surface area contributed by atoms with Crippen LogP contribution in [0.15, 0.2) is 4.99 Å². The highest BCUT2D eigenvalue weighted by molar-refractivity contribution is 14.0. The highest BCUT2D eigenvalue weighted by Crippen LogP contribution is 2.28. The number of rotatable bonds is 4. The lowest BCUT2D eigenvalue weighted by atomic mass is 9.83. The van der Waals surface area contributed by atoms with Gasteiger partial charge in [-0.2, -0.15) is 0 Å². The van der Waals surface area contributed by atoms with Gasteiger partial charge in [0.05, 0.1) is 6.54 Å². The van der Waals surface area contributed by atoms with E-state index in [1.165, 1.54) is 32.1 Å². The van der Waals surface area contributed by atoms with Gasteiger partial charge in [0, 0.05) is 11.6 Å². The minimum Gasteiger partial charge on any atom is -0.370 e. The summed E-state index contributed by atoms with van der Waals surface area (Å²) in [4.78, 5) is 6.86. The van der Waals surface area contributed by atoms with Crippen molar-refractivity contribution in [1.82, 2.24) is 10.2 Å². The molecule has 0 spiro atoms. The third-order valence-electron chi connectivity index (χ3n) is 3.81. The van der Waals surface area contributed by atoms with Crippen molar-refractivity contribution >= 4 is 29.9 Å². The second-order valence-corrected chi connectivity index (χ2v) is 7.03. The van der Waals surface area contributed by atoms with Crippen LogP contribution in [0.3, 0.4) is 0 Å². The van der Waals surface area contributed by atoms with Crippen LogP contribution < -0.4 is 11.1 Å². The molecular formula is C15H33IN4. The first kappa shape index (κ1) is 20.0. The topological polar surface area (TPSA) is 53.6 Å². The van der Waals surface area contributed by atoms with Gasteiger partial charge in [0.25, 0.3) is 0 Å². The number of nitrogens with one attached hydrogen (secondary N) is 1. The molecule has 0 heterocycles. The fourth-order valence-corrected chi connectivity index (χ4v) is 2.87. The van der Waals surface area contributed by atoms with Crippen molar-refractivity contribution in [2.24, 2.45) is 16.6 Å². The minimum atomic E-state index is -0.0218. The largest absolute Gasteiger partial charge is 0.370 e. The van der Waals surface area contributed by atoms with E-state index in [-0.39, 0.29) is 29.5 Å². The molecule has 1 aliphatic carbocycles. The van der Waals surface area contributed by atoms with Gasteiger partial charge >= 0.3 is 0 Å². The van der Waals surface area contributed by atoms with Gasteiger partial charge in [-0.15, -0.1) is 24.0 Å². The quantitative estimate of drug-likeness (QED) is 0.437. The Morgan fingerprint density at radius 3 is 2.25 bits per heavy atom. The Morgan fingerprint density at radius 2 is 1.80 bits per heavy atom. The smallest absolute Gasteiger partial charge is 0.189 e. The Kier molecular flexibility index (Phi) is 9.06. The van der Waals surface area contributed by atoms with Gasteiger partial charge in [-0.1, -0.05) is 19.3 Å². The number of aliphatic imine (C=N–C) groups is 1. The normalized spacial score (nSPS) is 19.6. The van der Waals surface area contributed by atoms with Gasteiger partial charge < -0.3 is 16.0 Å². The lowest BCUT2D eigenvalue weighted by molar-refractivity contribution is 0.176. The molecule has 0 radical (unpaired) electrons. The van der Waals surface area contributed by atoms with Crippen molar-refractivity contribution in [3.63, 3.8) is 0 Å². The van der Waals surface area contributed by atoms with Crippen molar-refractivity contribution in [2.45, 2.75) is 64.5 Å². The number of hydrogen-bond acceptors (Lipinski definition) is 2. The van der Waals surface area contributed by atoms with E-state index in [4.69, 9.17) is 5.73 Å². The molecule has 0 bridgehead atoms. The number of halogens is 1. The zero-order valence-corrected chi connectivity index (χ0v) is 16.1. The molecule has 3 N–H and O–H groups in total. The SMILES string of the molecule is CN(C)C(CN=C(N)NC(C)(C)C)C1CCCCC1.I. The van der Waals surface area contributed by atoms with E-state index in [9.17, 15) is 0 Å². The van der Waals surface area contributed by atoms with Crippen LogP contribution in [-0.2, 0) is 0 Å². The molecule has 1 fully saturated rings. The molecule has 0 aromatic carbocycles. The molecular weight excluding hydrogens is 363 g/mol. The predicted octanol–water partition coefficient (Wildman–Crippen LogP) is 2.82. The Bertz CT molecular complexity index is 291. The maximum Gasteiger partial charge on any atom is 0.189 e. The van der Waals surface area contributed by atoms with Crippen LogP contribution in [-0.4, -0.2) is 43.1 Å². The second-order valence-electron chi connectivity index (χ2n) is 7.03. The molecule has 120 valence electrons. The molecule has 1 rings (SSSR count). The molecule has 1 atom stereocenters. The molecule has 1 saturated carbocycles. The summed E-state index contributed by atoms with van der Waals surface area (Å²) in [6.45, 7) is 7.09. The Hall–Kier alpha value is -0.0400. The molecule has 1 unspecified atom stereocenters. The third kappa shape index (κ3) is 7.67. The zero-order valence-electron chi connectivity index (χ0n) is 13.8. The predicted molar refractivity (Wildman–Crippen MR) is 98.8 cm³/mol. The highest BCUT2D eigenvalue weighted by Gasteiger charge is 2.25. The maximum atomic E-state index is 5.96. The maximum absolute atomic E-state index is 5.96. The number of guanidine groups is 1. The van der Waals surface area contributed by atoms with Gasteiger partial charge in [-0.3, -0.25) is 4.99 Å². The van der Waals surface area contributed by atoms with Gasteiger partial charge in [0.15, 0.2) is 5.96 Å². The van der Waals surface area contributed by atoms with Gasteiger partial charge in [0.1, 0.15) is 0 Å². The summed E-state index contributed by atoms with van der Waals surface area (Å²) in [6, 6.07) is 0.514. The second kappa shape index (κ2) is 9.07. The lowest BCUT2D eigenvalue weighted by Gasteiger charge is -2.34. The molecule has 0 saturated heterocycles. The van der Waals surface area contributed by atoms with E-state index in [1.54, 1.807) is 0 Å². The van der Waals surface area contributed by atoms with Crippen molar-refractivity contribution in [2.75, 3.05) is 20.6 Å². The lowest BCUT2D eigenvalue weighted by Crippen LogP contribution is -2.46. The third-order valence-corrected chi connectivity index (χ3v) is 3.81. The van der Waals surface area contributed by atoms with Crippen LogP contribution in [0.4, 0.5) is 0 Å². The summed E-state index contributed by atoms with van der Waals surface area (Å²) in [5.74, 6) is 1.34. The number of nitrogens with two attached hydrogens (primary N) is 1. The summed E-state index contributed by atoms with van der Waals surface area (Å²) in [6.07, 6.45) is 6.81.